The molecule has 1 atom stereocenters. The van der Waals surface area contributed by atoms with Gasteiger partial charge in [0.2, 0.25) is 17.7 Å². The number of carbonyl (C=O) groups excluding carboxylic acids is 2. The quantitative estimate of drug-likeness (QED) is 0.252. The molecule has 0 fully saturated rings. The fourth-order valence-electron chi connectivity index (χ4n) is 4.22. The van der Waals surface area contributed by atoms with Gasteiger partial charge in [0.1, 0.15) is 5.82 Å². The average Bonchev–Trinajstić information content (AvgIpc) is 3.42. The number of rotatable bonds is 12. The molecule has 0 radical (unpaired) electrons. The summed E-state index contributed by atoms with van der Waals surface area (Å²) in [5.41, 5.74) is 3.11. The van der Waals surface area contributed by atoms with Crippen molar-refractivity contribution in [1.82, 2.24) is 30.6 Å². The van der Waals surface area contributed by atoms with Crippen molar-refractivity contribution in [3.8, 4) is 17.1 Å². The van der Waals surface area contributed by atoms with Gasteiger partial charge in [-0.2, -0.15) is 0 Å². The highest BCUT2D eigenvalue weighted by molar-refractivity contribution is 5.85. The van der Waals surface area contributed by atoms with Crippen LogP contribution in [0.4, 0.5) is 0 Å². The molecule has 37 heavy (non-hydrogen) atoms. The molecule has 4 aromatic rings. The van der Waals surface area contributed by atoms with Crippen LogP contribution < -0.4 is 15.4 Å². The highest BCUT2D eigenvalue weighted by atomic mass is 16.5. The maximum Gasteiger partial charge on any atom is 0.226 e. The molecular weight excluding hydrogens is 468 g/mol. The fraction of sp³-hybridized carbons (Fsp3) is 0.321. The molecule has 0 saturated heterocycles. The Morgan fingerprint density at radius 1 is 1.03 bits per heavy atom. The normalized spacial score (nSPS) is 11.7. The number of fused-ring (bicyclic) bond motifs is 1. The number of unbranched alkanes of at least 4 members (excludes halogenated alkanes) is 2. The van der Waals surface area contributed by atoms with E-state index in [1.165, 1.54) is 0 Å². The van der Waals surface area contributed by atoms with E-state index in [4.69, 9.17) is 4.74 Å². The minimum Gasteiger partial charge on any atom is -0.480 e. The highest BCUT2D eigenvalue weighted by Gasteiger charge is 2.20. The molecule has 0 aliphatic carbocycles. The molecule has 1 aromatic carbocycles. The Kier molecular flexibility index (Phi) is 8.80. The van der Waals surface area contributed by atoms with Gasteiger partial charge in [0.15, 0.2) is 0 Å². The predicted octanol–water partition coefficient (Wildman–Crippen LogP) is 4.13. The van der Waals surface area contributed by atoms with Gasteiger partial charge in [0.05, 0.1) is 42.5 Å². The molecule has 9 nitrogen and oxygen atoms in total. The number of benzene rings is 1. The summed E-state index contributed by atoms with van der Waals surface area (Å²) in [5, 5.41) is 6.75. The van der Waals surface area contributed by atoms with E-state index < -0.39 is 0 Å². The van der Waals surface area contributed by atoms with Gasteiger partial charge >= 0.3 is 0 Å². The molecule has 4 rings (SSSR count). The first-order valence-electron chi connectivity index (χ1n) is 12.5. The van der Waals surface area contributed by atoms with Crippen molar-refractivity contribution >= 4 is 22.7 Å². The van der Waals surface area contributed by atoms with Crippen LogP contribution in [0.2, 0.25) is 0 Å². The van der Waals surface area contributed by atoms with Crippen molar-refractivity contribution in [2.75, 3.05) is 14.2 Å². The molecular formula is C28H32N6O3. The van der Waals surface area contributed by atoms with Gasteiger partial charge in [-0.05, 0) is 37.1 Å². The lowest BCUT2D eigenvalue weighted by molar-refractivity contribution is -0.121. The number of nitrogens with one attached hydrogen (secondary N) is 3. The van der Waals surface area contributed by atoms with Crippen molar-refractivity contribution in [2.45, 2.75) is 44.6 Å². The van der Waals surface area contributed by atoms with Crippen LogP contribution in [0.15, 0.2) is 60.9 Å². The first-order valence-corrected chi connectivity index (χ1v) is 12.5. The Bertz CT molecular complexity index is 1340. The molecule has 0 aliphatic heterocycles. The van der Waals surface area contributed by atoms with Crippen LogP contribution in [-0.4, -0.2) is 45.9 Å². The zero-order valence-electron chi connectivity index (χ0n) is 21.2. The second kappa shape index (κ2) is 12.6. The van der Waals surface area contributed by atoms with E-state index in [-0.39, 0.29) is 24.3 Å². The number of hydrogen-bond donors (Lipinski definition) is 3. The number of amides is 2. The standard InChI is InChI=1S/C28H32N6O3/c1-29-25(35)14-5-3-4-13-23(32-26(36)17-20-11-8-9-15-30-20)27-31-18-24(33-27)21-16-19-10-6-7-12-22(19)34-28(21)37-2/h6-12,15-16,18,23H,3-5,13-14,17H2,1-2H3,(H,29,35)(H,31,33)(H,32,36). The topological polar surface area (TPSA) is 122 Å². The van der Waals surface area contributed by atoms with Gasteiger partial charge in [-0.1, -0.05) is 37.1 Å². The lowest BCUT2D eigenvalue weighted by atomic mass is 10.1. The number of H-pyrrole nitrogens is 1. The van der Waals surface area contributed by atoms with Gasteiger partial charge in [-0.15, -0.1) is 0 Å². The molecule has 1 unspecified atom stereocenters. The number of methoxy groups -OCH3 is 1. The lowest BCUT2D eigenvalue weighted by Gasteiger charge is -2.17. The summed E-state index contributed by atoms with van der Waals surface area (Å²) in [6.45, 7) is 0. The smallest absolute Gasteiger partial charge is 0.226 e. The van der Waals surface area contributed by atoms with Crippen LogP contribution in [-0.2, 0) is 16.0 Å². The number of hydrogen-bond acceptors (Lipinski definition) is 6. The lowest BCUT2D eigenvalue weighted by Crippen LogP contribution is -2.30. The van der Waals surface area contributed by atoms with Gasteiger partial charge < -0.3 is 20.4 Å². The minimum atomic E-state index is -0.315. The third kappa shape index (κ3) is 6.91. The molecule has 0 bridgehead atoms. The van der Waals surface area contributed by atoms with Crippen LogP contribution in [0.3, 0.4) is 0 Å². The number of imidazole rings is 1. The van der Waals surface area contributed by atoms with E-state index in [1.807, 2.05) is 48.5 Å². The van der Waals surface area contributed by atoms with Gasteiger partial charge in [-0.3, -0.25) is 14.6 Å². The van der Waals surface area contributed by atoms with Crippen LogP contribution >= 0.6 is 0 Å². The molecule has 0 saturated carbocycles. The van der Waals surface area contributed by atoms with Gasteiger partial charge in [-0.25, -0.2) is 9.97 Å². The van der Waals surface area contributed by atoms with Crippen LogP contribution in [0.25, 0.3) is 22.2 Å². The van der Waals surface area contributed by atoms with E-state index >= 15 is 0 Å². The van der Waals surface area contributed by atoms with Crippen molar-refractivity contribution in [3.63, 3.8) is 0 Å². The Hall–Kier alpha value is -4.27. The Balaban J connectivity index is 1.52. The molecule has 2 amide bonds. The number of carbonyl (C=O) groups is 2. The summed E-state index contributed by atoms with van der Waals surface area (Å²) in [6, 6.07) is 15.1. The zero-order valence-corrected chi connectivity index (χ0v) is 21.2. The van der Waals surface area contributed by atoms with Crippen LogP contribution in [0.5, 0.6) is 5.88 Å². The first kappa shape index (κ1) is 25.8. The number of nitrogens with zero attached hydrogens (tertiary/aromatic N) is 3. The van der Waals surface area contributed by atoms with E-state index in [0.29, 0.717) is 30.2 Å². The minimum absolute atomic E-state index is 0.0360. The van der Waals surface area contributed by atoms with Crippen LogP contribution in [0, 0.1) is 0 Å². The maximum absolute atomic E-state index is 12.9. The summed E-state index contributed by atoms with van der Waals surface area (Å²) in [7, 11) is 3.24. The Morgan fingerprint density at radius 3 is 2.65 bits per heavy atom. The average molecular weight is 501 g/mol. The van der Waals surface area contributed by atoms with Crippen molar-refractivity contribution in [2.24, 2.45) is 0 Å². The van der Waals surface area contributed by atoms with Gasteiger partial charge in [0.25, 0.3) is 0 Å². The monoisotopic (exact) mass is 500 g/mol. The predicted molar refractivity (Wildman–Crippen MR) is 142 cm³/mol. The van der Waals surface area contributed by atoms with E-state index in [0.717, 1.165) is 41.4 Å². The van der Waals surface area contributed by atoms with Crippen LogP contribution in [0.1, 0.15) is 49.7 Å². The summed E-state index contributed by atoms with van der Waals surface area (Å²) < 4.78 is 5.56. The summed E-state index contributed by atoms with van der Waals surface area (Å²) in [6.07, 6.45) is 7.28. The Labute approximate surface area is 216 Å². The SMILES string of the molecule is CNC(=O)CCCCCC(NC(=O)Cc1ccccn1)c1ncc(-c2cc3ccccc3nc2OC)[nH]1. The number of para-hydroxylation sites is 1. The van der Waals surface area contributed by atoms with E-state index in [2.05, 4.69) is 30.6 Å². The third-order valence-corrected chi connectivity index (χ3v) is 6.18. The van der Waals surface area contributed by atoms with E-state index in [1.54, 1.807) is 26.6 Å². The summed E-state index contributed by atoms with van der Waals surface area (Å²) >= 11 is 0. The Morgan fingerprint density at radius 2 is 1.86 bits per heavy atom. The zero-order chi connectivity index (χ0) is 26.0. The van der Waals surface area contributed by atoms with Crippen molar-refractivity contribution in [1.29, 1.82) is 0 Å². The summed E-state index contributed by atoms with van der Waals surface area (Å²) in [4.78, 5) is 41.3. The third-order valence-electron chi connectivity index (χ3n) is 6.18. The fourth-order valence-corrected chi connectivity index (χ4v) is 4.22. The highest BCUT2D eigenvalue weighted by Crippen LogP contribution is 2.31. The number of aromatic nitrogens is 4. The first-order chi connectivity index (χ1) is 18.1. The summed E-state index contributed by atoms with van der Waals surface area (Å²) in [5.74, 6) is 1.07. The number of ether oxygens (including phenoxy) is 1. The van der Waals surface area contributed by atoms with Crippen molar-refractivity contribution < 1.29 is 14.3 Å². The number of aromatic amines is 1. The molecule has 3 aromatic heterocycles. The van der Waals surface area contributed by atoms with Gasteiger partial charge in [0, 0.05) is 30.7 Å². The maximum atomic E-state index is 12.9. The largest absolute Gasteiger partial charge is 0.480 e. The molecule has 9 heteroatoms. The second-order valence-corrected chi connectivity index (χ2v) is 8.81. The molecule has 192 valence electrons. The molecule has 0 aliphatic rings. The molecule has 3 N–H and O–H groups in total. The second-order valence-electron chi connectivity index (χ2n) is 8.81. The molecule has 0 spiro atoms. The van der Waals surface area contributed by atoms with E-state index in [9.17, 15) is 9.59 Å². The number of pyridine rings is 2. The molecule has 3 heterocycles. The van der Waals surface area contributed by atoms with Crippen molar-refractivity contribution in [3.05, 3.63) is 72.4 Å².